The second-order valence-corrected chi connectivity index (χ2v) is 6.76. The fourth-order valence-electron chi connectivity index (χ4n) is 4.16. The molecule has 0 unspecified atom stereocenters. The summed E-state index contributed by atoms with van der Waals surface area (Å²) in [5.74, 6) is -0.0267. The van der Waals surface area contributed by atoms with E-state index in [0.29, 0.717) is 6.04 Å². The number of likely N-dealkylation sites (N-methyl/N-ethyl adjacent to an activating group) is 1. The zero-order valence-corrected chi connectivity index (χ0v) is 14.5. The molecular weight excluding hydrogens is 308 g/mol. The second-order valence-electron chi connectivity index (χ2n) is 6.76. The summed E-state index contributed by atoms with van der Waals surface area (Å²) in [6, 6.07) is 2.02. The van der Waals surface area contributed by atoms with Gasteiger partial charge in [0.05, 0.1) is 0 Å². The largest absolute Gasteiger partial charge is 0.337 e. The Labute approximate surface area is 141 Å². The average Bonchev–Trinajstić information content (AvgIpc) is 3.23. The van der Waals surface area contributed by atoms with Gasteiger partial charge in [0.2, 0.25) is 5.91 Å². The van der Waals surface area contributed by atoms with Crippen molar-refractivity contribution in [2.24, 2.45) is 7.05 Å². The number of hydrogen-bond donors (Lipinski definition) is 0. The first kappa shape index (κ1) is 17.0. The molecular formula is C17H26N4O3. The van der Waals surface area contributed by atoms with Gasteiger partial charge < -0.3 is 4.90 Å². The molecule has 0 aliphatic carbocycles. The number of likely N-dealkylation sites (tertiary alicyclic amines) is 2. The van der Waals surface area contributed by atoms with Gasteiger partial charge in [0.25, 0.3) is 5.56 Å². The molecule has 0 spiro atoms. The van der Waals surface area contributed by atoms with Crippen LogP contribution in [0.5, 0.6) is 0 Å². The minimum atomic E-state index is -0.442. The smallest absolute Gasteiger partial charge is 0.331 e. The summed E-state index contributed by atoms with van der Waals surface area (Å²) in [5.41, 5.74) is -0.796. The van der Waals surface area contributed by atoms with Gasteiger partial charge in [-0.2, -0.15) is 0 Å². The standard InChI is InChI=1S/C17H26N4O3/c1-3-19-9-4-6-13(19)14-7-5-10-21(14)16(23)12-20-11-8-15(22)18(2)17(20)24/h8,11,13-14H,3-7,9-10,12H2,1-2H3/t13-,14-/m0/s1. The van der Waals surface area contributed by atoms with Crippen LogP contribution in [0.1, 0.15) is 32.6 Å². The van der Waals surface area contributed by atoms with Crippen molar-refractivity contribution in [1.82, 2.24) is 18.9 Å². The maximum absolute atomic E-state index is 12.8. The van der Waals surface area contributed by atoms with Crippen LogP contribution in [0.15, 0.2) is 21.9 Å². The van der Waals surface area contributed by atoms with E-state index in [1.54, 1.807) is 0 Å². The molecule has 2 fully saturated rings. The van der Waals surface area contributed by atoms with E-state index in [9.17, 15) is 14.4 Å². The highest BCUT2D eigenvalue weighted by molar-refractivity contribution is 5.76. The summed E-state index contributed by atoms with van der Waals surface area (Å²) in [4.78, 5) is 40.8. The van der Waals surface area contributed by atoms with Gasteiger partial charge in [0.1, 0.15) is 6.54 Å². The van der Waals surface area contributed by atoms with Gasteiger partial charge >= 0.3 is 5.69 Å². The Morgan fingerprint density at radius 3 is 2.62 bits per heavy atom. The van der Waals surface area contributed by atoms with Crippen molar-refractivity contribution >= 4 is 5.91 Å². The number of rotatable bonds is 4. The third-order valence-electron chi connectivity index (χ3n) is 5.45. The summed E-state index contributed by atoms with van der Waals surface area (Å²) in [7, 11) is 1.43. The number of carbonyl (C=O) groups excluding carboxylic acids is 1. The van der Waals surface area contributed by atoms with Crippen molar-refractivity contribution < 1.29 is 4.79 Å². The lowest BCUT2D eigenvalue weighted by Gasteiger charge is -2.34. The monoisotopic (exact) mass is 334 g/mol. The molecule has 0 radical (unpaired) electrons. The van der Waals surface area contributed by atoms with Crippen LogP contribution in [0.4, 0.5) is 0 Å². The molecule has 2 aliphatic heterocycles. The van der Waals surface area contributed by atoms with E-state index >= 15 is 0 Å². The molecule has 0 aromatic carbocycles. The van der Waals surface area contributed by atoms with E-state index in [2.05, 4.69) is 11.8 Å². The van der Waals surface area contributed by atoms with Crippen LogP contribution in [0, 0.1) is 0 Å². The minimum absolute atomic E-state index is 0.00228. The fraction of sp³-hybridized carbons (Fsp3) is 0.706. The normalized spacial score (nSPS) is 24.7. The molecule has 2 aliphatic rings. The molecule has 1 amide bonds. The van der Waals surface area contributed by atoms with Crippen LogP contribution in [0.3, 0.4) is 0 Å². The van der Waals surface area contributed by atoms with Crippen LogP contribution in [0.25, 0.3) is 0 Å². The molecule has 24 heavy (non-hydrogen) atoms. The highest BCUT2D eigenvalue weighted by Gasteiger charge is 2.39. The number of aromatic nitrogens is 2. The van der Waals surface area contributed by atoms with Crippen molar-refractivity contribution in [3.8, 4) is 0 Å². The van der Waals surface area contributed by atoms with E-state index < -0.39 is 5.69 Å². The lowest BCUT2D eigenvalue weighted by atomic mass is 10.0. The Morgan fingerprint density at radius 1 is 1.17 bits per heavy atom. The van der Waals surface area contributed by atoms with Gasteiger partial charge in [-0.1, -0.05) is 6.92 Å². The molecule has 132 valence electrons. The summed E-state index contributed by atoms with van der Waals surface area (Å²) < 4.78 is 2.36. The van der Waals surface area contributed by atoms with Crippen molar-refractivity contribution in [1.29, 1.82) is 0 Å². The van der Waals surface area contributed by atoms with Crippen LogP contribution < -0.4 is 11.2 Å². The van der Waals surface area contributed by atoms with E-state index in [4.69, 9.17) is 0 Å². The number of carbonyl (C=O) groups is 1. The topological polar surface area (TPSA) is 67.5 Å². The summed E-state index contributed by atoms with van der Waals surface area (Å²) >= 11 is 0. The number of nitrogens with zero attached hydrogens (tertiary/aromatic N) is 4. The lowest BCUT2D eigenvalue weighted by Crippen LogP contribution is -2.50. The molecule has 7 heteroatoms. The molecule has 0 bridgehead atoms. The van der Waals surface area contributed by atoms with Crippen molar-refractivity contribution in [2.75, 3.05) is 19.6 Å². The first-order chi connectivity index (χ1) is 11.5. The summed E-state index contributed by atoms with van der Waals surface area (Å²) in [6.07, 6.45) is 5.81. The zero-order chi connectivity index (χ0) is 17.3. The first-order valence-corrected chi connectivity index (χ1v) is 8.83. The molecule has 0 saturated carbocycles. The Balaban J connectivity index is 1.76. The van der Waals surface area contributed by atoms with E-state index in [1.807, 2.05) is 4.90 Å². The minimum Gasteiger partial charge on any atom is -0.337 e. The molecule has 2 atom stereocenters. The highest BCUT2D eigenvalue weighted by Crippen LogP contribution is 2.29. The summed E-state index contributed by atoms with van der Waals surface area (Å²) in [6.45, 7) is 5.06. The quantitative estimate of drug-likeness (QED) is 0.779. The van der Waals surface area contributed by atoms with E-state index in [-0.39, 0.29) is 24.1 Å². The molecule has 1 aromatic heterocycles. The molecule has 3 heterocycles. The maximum atomic E-state index is 12.8. The lowest BCUT2D eigenvalue weighted by molar-refractivity contribution is -0.133. The van der Waals surface area contributed by atoms with Crippen LogP contribution in [-0.2, 0) is 18.4 Å². The number of hydrogen-bond acceptors (Lipinski definition) is 4. The maximum Gasteiger partial charge on any atom is 0.331 e. The Morgan fingerprint density at radius 2 is 1.88 bits per heavy atom. The molecule has 0 N–H and O–H groups in total. The summed E-state index contributed by atoms with van der Waals surface area (Å²) in [5, 5.41) is 0. The molecule has 2 saturated heterocycles. The molecule has 7 nitrogen and oxygen atoms in total. The van der Waals surface area contributed by atoms with E-state index in [1.165, 1.54) is 30.3 Å². The van der Waals surface area contributed by atoms with Crippen molar-refractivity contribution in [3.05, 3.63) is 33.1 Å². The first-order valence-electron chi connectivity index (χ1n) is 8.83. The van der Waals surface area contributed by atoms with Crippen molar-refractivity contribution in [2.45, 2.75) is 51.2 Å². The Bertz CT molecular complexity index is 723. The molecule has 1 aromatic rings. The third-order valence-corrected chi connectivity index (χ3v) is 5.45. The van der Waals surface area contributed by atoms with Crippen LogP contribution in [0.2, 0.25) is 0 Å². The van der Waals surface area contributed by atoms with Gasteiger partial charge in [0, 0.05) is 37.9 Å². The zero-order valence-electron chi connectivity index (χ0n) is 14.5. The Hall–Kier alpha value is -1.89. The second kappa shape index (κ2) is 6.93. The predicted molar refractivity (Wildman–Crippen MR) is 90.9 cm³/mol. The fourth-order valence-corrected chi connectivity index (χ4v) is 4.16. The van der Waals surface area contributed by atoms with Gasteiger partial charge in [-0.15, -0.1) is 0 Å². The van der Waals surface area contributed by atoms with Crippen LogP contribution in [-0.4, -0.2) is 56.6 Å². The average molecular weight is 334 g/mol. The van der Waals surface area contributed by atoms with Gasteiger partial charge in [-0.3, -0.25) is 23.6 Å². The van der Waals surface area contributed by atoms with Gasteiger partial charge in [0.15, 0.2) is 0 Å². The molecule has 3 rings (SSSR count). The van der Waals surface area contributed by atoms with Gasteiger partial charge in [-0.05, 0) is 38.8 Å². The van der Waals surface area contributed by atoms with Crippen molar-refractivity contribution in [3.63, 3.8) is 0 Å². The van der Waals surface area contributed by atoms with E-state index in [0.717, 1.165) is 43.5 Å². The SMILES string of the molecule is CCN1CCC[C@H]1[C@@H]1CCCN1C(=O)Cn1ccc(=O)n(C)c1=O. The van der Waals surface area contributed by atoms with Crippen LogP contribution >= 0.6 is 0 Å². The predicted octanol–water partition coefficient (Wildman–Crippen LogP) is 0.0223. The van der Waals surface area contributed by atoms with Gasteiger partial charge in [-0.25, -0.2) is 4.79 Å². The highest BCUT2D eigenvalue weighted by atomic mass is 16.2. The number of amides is 1. The third kappa shape index (κ3) is 3.05. The Kier molecular flexibility index (Phi) is 4.89.